The van der Waals surface area contributed by atoms with Crippen molar-refractivity contribution < 1.29 is 18.9 Å². The lowest BCUT2D eigenvalue weighted by molar-refractivity contribution is -0.354. The van der Waals surface area contributed by atoms with E-state index in [1.54, 1.807) is 14.2 Å². The van der Waals surface area contributed by atoms with Gasteiger partial charge in [-0.25, -0.2) is 0 Å². The summed E-state index contributed by atoms with van der Waals surface area (Å²) in [6, 6.07) is 0. The maximum Gasteiger partial charge on any atom is 0.209 e. The number of rotatable bonds is 4. The summed E-state index contributed by atoms with van der Waals surface area (Å²) in [5.41, 5.74) is 0. The summed E-state index contributed by atoms with van der Waals surface area (Å²) < 4.78 is 21.9. The lowest BCUT2D eigenvalue weighted by atomic mass is 9.97. The van der Waals surface area contributed by atoms with Crippen LogP contribution in [0.4, 0.5) is 0 Å². The summed E-state index contributed by atoms with van der Waals surface area (Å²) in [6.45, 7) is 6.31. The van der Waals surface area contributed by atoms with Gasteiger partial charge in [-0.15, -0.1) is 0 Å². The molecular formula is C11H22O4. The maximum absolute atomic E-state index is 5.83. The predicted octanol–water partition coefficient (Wildman–Crippen LogP) is 1.78. The van der Waals surface area contributed by atoms with Gasteiger partial charge in [-0.2, -0.15) is 0 Å². The normalized spacial score (nSPS) is 39.0. The largest absolute Gasteiger partial charge is 0.351 e. The Morgan fingerprint density at radius 3 is 2.13 bits per heavy atom. The Hall–Kier alpha value is -0.160. The van der Waals surface area contributed by atoms with Crippen LogP contribution in [-0.2, 0) is 18.9 Å². The molecule has 0 radical (unpaired) electrons. The number of ether oxygens (including phenoxy) is 4. The van der Waals surface area contributed by atoms with Gasteiger partial charge in [0.1, 0.15) is 0 Å². The average Bonchev–Trinajstić information content (AvgIpc) is 2.27. The van der Waals surface area contributed by atoms with Crippen LogP contribution in [0.5, 0.6) is 0 Å². The van der Waals surface area contributed by atoms with Crippen LogP contribution in [0.1, 0.15) is 27.2 Å². The van der Waals surface area contributed by atoms with Crippen LogP contribution in [0.3, 0.4) is 0 Å². The zero-order chi connectivity index (χ0) is 11.4. The highest BCUT2D eigenvalue weighted by Crippen LogP contribution is 2.27. The number of hydrogen-bond donors (Lipinski definition) is 0. The Kier molecular flexibility index (Phi) is 4.99. The van der Waals surface area contributed by atoms with Gasteiger partial charge in [-0.1, -0.05) is 20.3 Å². The standard InChI is InChI=1S/C11H22O4/c1-6-7(2)9-8(3)14-10(12-4)11(13-5)15-9/h7-11H,6H2,1-5H3/t7-,8+,9+,10+,11+/m1/s1. The zero-order valence-electron chi connectivity index (χ0n) is 10.2. The van der Waals surface area contributed by atoms with Crippen molar-refractivity contribution in [3.05, 3.63) is 0 Å². The molecular weight excluding hydrogens is 196 g/mol. The van der Waals surface area contributed by atoms with Crippen LogP contribution in [0, 0.1) is 5.92 Å². The van der Waals surface area contributed by atoms with Crippen molar-refractivity contribution >= 4 is 0 Å². The quantitative estimate of drug-likeness (QED) is 0.720. The second-order valence-electron chi connectivity index (χ2n) is 4.04. The van der Waals surface area contributed by atoms with Gasteiger partial charge in [-0.05, 0) is 12.8 Å². The second-order valence-corrected chi connectivity index (χ2v) is 4.04. The summed E-state index contributed by atoms with van der Waals surface area (Å²) in [6.07, 6.45) is 0.324. The van der Waals surface area contributed by atoms with E-state index in [2.05, 4.69) is 13.8 Å². The molecule has 1 fully saturated rings. The van der Waals surface area contributed by atoms with Gasteiger partial charge in [0.15, 0.2) is 0 Å². The second kappa shape index (κ2) is 5.80. The summed E-state index contributed by atoms with van der Waals surface area (Å²) in [4.78, 5) is 0. The summed E-state index contributed by atoms with van der Waals surface area (Å²) >= 11 is 0. The fraction of sp³-hybridized carbons (Fsp3) is 1.00. The zero-order valence-corrected chi connectivity index (χ0v) is 10.2. The predicted molar refractivity (Wildman–Crippen MR) is 56.5 cm³/mol. The van der Waals surface area contributed by atoms with E-state index < -0.39 is 12.6 Å². The Morgan fingerprint density at radius 2 is 1.67 bits per heavy atom. The Bertz CT molecular complexity index is 185. The maximum atomic E-state index is 5.83. The summed E-state index contributed by atoms with van der Waals surface area (Å²) in [7, 11) is 3.19. The van der Waals surface area contributed by atoms with Gasteiger partial charge < -0.3 is 18.9 Å². The van der Waals surface area contributed by atoms with Crippen LogP contribution in [0.2, 0.25) is 0 Å². The van der Waals surface area contributed by atoms with E-state index in [0.29, 0.717) is 5.92 Å². The van der Waals surface area contributed by atoms with Crippen LogP contribution in [0.15, 0.2) is 0 Å². The van der Waals surface area contributed by atoms with E-state index in [1.807, 2.05) is 6.92 Å². The van der Waals surface area contributed by atoms with E-state index in [0.717, 1.165) is 6.42 Å². The molecule has 0 bridgehead atoms. The fourth-order valence-electron chi connectivity index (χ4n) is 1.85. The van der Waals surface area contributed by atoms with E-state index >= 15 is 0 Å². The van der Waals surface area contributed by atoms with Crippen LogP contribution < -0.4 is 0 Å². The van der Waals surface area contributed by atoms with Crippen LogP contribution >= 0.6 is 0 Å². The monoisotopic (exact) mass is 218 g/mol. The molecule has 0 amide bonds. The van der Waals surface area contributed by atoms with E-state index in [4.69, 9.17) is 18.9 Å². The smallest absolute Gasteiger partial charge is 0.209 e. The molecule has 5 atom stereocenters. The van der Waals surface area contributed by atoms with Crippen molar-refractivity contribution in [3.8, 4) is 0 Å². The third-order valence-electron chi connectivity index (χ3n) is 2.99. The highest BCUT2D eigenvalue weighted by atomic mass is 16.8. The molecule has 0 unspecified atom stereocenters. The SMILES string of the molecule is CC[C@@H](C)[C@@H]1O[C@H](OC)[C@@H](OC)O[C@H]1C. The van der Waals surface area contributed by atoms with Crippen molar-refractivity contribution in [1.82, 2.24) is 0 Å². The minimum atomic E-state index is -0.426. The van der Waals surface area contributed by atoms with Gasteiger partial charge in [0.2, 0.25) is 12.6 Å². The molecule has 1 aliphatic heterocycles. The summed E-state index contributed by atoms with van der Waals surface area (Å²) in [5, 5.41) is 0. The first-order chi connectivity index (χ1) is 7.13. The molecule has 0 aromatic heterocycles. The highest BCUT2D eigenvalue weighted by molar-refractivity contribution is 4.78. The third kappa shape index (κ3) is 2.91. The molecule has 4 heteroatoms. The molecule has 1 saturated heterocycles. The third-order valence-corrected chi connectivity index (χ3v) is 2.99. The topological polar surface area (TPSA) is 36.9 Å². The first-order valence-electron chi connectivity index (χ1n) is 5.50. The number of hydrogen-bond acceptors (Lipinski definition) is 4. The van der Waals surface area contributed by atoms with E-state index in [-0.39, 0.29) is 12.2 Å². The highest BCUT2D eigenvalue weighted by Gasteiger charge is 2.38. The molecule has 1 heterocycles. The molecule has 0 aliphatic carbocycles. The van der Waals surface area contributed by atoms with Crippen LogP contribution in [-0.4, -0.2) is 39.0 Å². The van der Waals surface area contributed by atoms with Gasteiger partial charge in [0.05, 0.1) is 12.2 Å². The van der Waals surface area contributed by atoms with E-state index in [1.165, 1.54) is 0 Å². The molecule has 90 valence electrons. The average molecular weight is 218 g/mol. The van der Waals surface area contributed by atoms with Crippen LogP contribution in [0.25, 0.3) is 0 Å². The fourth-order valence-corrected chi connectivity index (χ4v) is 1.85. The van der Waals surface area contributed by atoms with Crippen molar-refractivity contribution in [2.45, 2.75) is 52.0 Å². The van der Waals surface area contributed by atoms with E-state index in [9.17, 15) is 0 Å². The Morgan fingerprint density at radius 1 is 1.13 bits per heavy atom. The molecule has 0 saturated carbocycles. The molecule has 15 heavy (non-hydrogen) atoms. The first-order valence-corrected chi connectivity index (χ1v) is 5.50. The minimum absolute atomic E-state index is 0.0382. The molecule has 0 aromatic rings. The number of methoxy groups -OCH3 is 2. The molecule has 0 N–H and O–H groups in total. The molecule has 4 nitrogen and oxygen atoms in total. The van der Waals surface area contributed by atoms with Gasteiger partial charge in [0.25, 0.3) is 0 Å². The Labute approximate surface area is 91.8 Å². The molecule has 1 aliphatic rings. The van der Waals surface area contributed by atoms with Crippen molar-refractivity contribution in [2.24, 2.45) is 5.92 Å². The lowest BCUT2D eigenvalue weighted by Gasteiger charge is -2.41. The van der Waals surface area contributed by atoms with Gasteiger partial charge >= 0.3 is 0 Å². The van der Waals surface area contributed by atoms with Crippen molar-refractivity contribution in [2.75, 3.05) is 14.2 Å². The van der Waals surface area contributed by atoms with Gasteiger partial charge in [-0.3, -0.25) is 0 Å². The molecule has 1 rings (SSSR count). The molecule has 0 spiro atoms. The summed E-state index contributed by atoms with van der Waals surface area (Å²) in [5.74, 6) is 0.454. The van der Waals surface area contributed by atoms with Gasteiger partial charge in [0, 0.05) is 14.2 Å². The van der Waals surface area contributed by atoms with Crippen molar-refractivity contribution in [1.29, 1.82) is 0 Å². The lowest BCUT2D eigenvalue weighted by Crippen LogP contribution is -2.51. The molecule has 0 aromatic carbocycles. The Balaban J connectivity index is 2.62. The first kappa shape index (κ1) is 12.9. The van der Waals surface area contributed by atoms with Crippen molar-refractivity contribution in [3.63, 3.8) is 0 Å². The minimum Gasteiger partial charge on any atom is -0.351 e.